The number of nitrogens with zero attached hydrogens (tertiary/aromatic N) is 5. The first-order valence-corrected chi connectivity index (χ1v) is 9.54. The Bertz CT molecular complexity index is 1120. The first-order valence-electron chi connectivity index (χ1n) is 9.54. The van der Waals surface area contributed by atoms with Gasteiger partial charge in [-0.05, 0) is 18.2 Å². The summed E-state index contributed by atoms with van der Waals surface area (Å²) < 4.78 is 7.47. The number of aromatic nitrogens is 3. The number of benzene rings is 1. The van der Waals surface area contributed by atoms with Crippen molar-refractivity contribution in [1.82, 2.24) is 14.5 Å². The predicted molar refractivity (Wildman–Crippen MR) is 110 cm³/mol. The van der Waals surface area contributed by atoms with Crippen molar-refractivity contribution < 1.29 is 14.5 Å². The third-order valence-electron chi connectivity index (χ3n) is 5.08. The Kier molecular flexibility index (Phi) is 5.53. The normalized spacial score (nSPS) is 16.3. The Balaban J connectivity index is 1.69. The van der Waals surface area contributed by atoms with Gasteiger partial charge < -0.3 is 9.64 Å². The number of pyridine rings is 1. The standard InChI is InChI=1S/C21H22N5O4/c1-24-20(27)13-17(15-7-9-22-10-8-15)23-21(24)25-11-12-30-19(14-25)16-5-3-4-6-18(16)26(28)29-2/h3-10,13,19H,11-12,14H2,1-2H3/q+1. The van der Waals surface area contributed by atoms with Gasteiger partial charge in [-0.3, -0.25) is 14.3 Å². The van der Waals surface area contributed by atoms with Crippen molar-refractivity contribution >= 4 is 11.6 Å². The van der Waals surface area contributed by atoms with Crippen LogP contribution in [0.5, 0.6) is 0 Å². The molecule has 1 aromatic carbocycles. The van der Waals surface area contributed by atoms with E-state index in [1.807, 2.05) is 29.2 Å². The molecule has 2 aromatic heterocycles. The number of hydrogen-bond acceptors (Lipinski definition) is 7. The van der Waals surface area contributed by atoms with E-state index in [9.17, 15) is 9.70 Å². The summed E-state index contributed by atoms with van der Waals surface area (Å²) in [6.45, 7) is 1.44. The van der Waals surface area contributed by atoms with Crippen molar-refractivity contribution in [1.29, 1.82) is 0 Å². The minimum atomic E-state index is -0.372. The predicted octanol–water partition coefficient (Wildman–Crippen LogP) is 2.39. The second-order valence-corrected chi connectivity index (χ2v) is 6.88. The van der Waals surface area contributed by atoms with Gasteiger partial charge in [0.1, 0.15) is 6.10 Å². The SMILES string of the molecule is CO[N+](=O)c1ccccc1C1CN(c2nc(-c3ccncc3)cc(=O)n2C)CCO1. The van der Waals surface area contributed by atoms with Crippen LogP contribution in [-0.4, -0.2) is 46.3 Å². The Morgan fingerprint density at radius 1 is 1.20 bits per heavy atom. The van der Waals surface area contributed by atoms with E-state index in [1.165, 1.54) is 17.7 Å². The molecule has 154 valence electrons. The molecule has 0 aliphatic carbocycles. The van der Waals surface area contributed by atoms with Crippen LogP contribution in [0.25, 0.3) is 11.3 Å². The molecule has 0 spiro atoms. The molecule has 3 heterocycles. The zero-order valence-corrected chi connectivity index (χ0v) is 16.8. The fourth-order valence-electron chi connectivity index (χ4n) is 3.52. The van der Waals surface area contributed by atoms with Crippen LogP contribution in [0.3, 0.4) is 0 Å². The van der Waals surface area contributed by atoms with E-state index >= 15 is 0 Å². The maximum Gasteiger partial charge on any atom is 0.322 e. The van der Waals surface area contributed by atoms with Crippen molar-refractivity contribution in [2.24, 2.45) is 7.05 Å². The summed E-state index contributed by atoms with van der Waals surface area (Å²) in [7, 11) is 3.02. The molecule has 0 bridgehead atoms. The highest BCUT2D eigenvalue weighted by Crippen LogP contribution is 2.31. The van der Waals surface area contributed by atoms with Gasteiger partial charge in [-0.2, -0.15) is 0 Å². The van der Waals surface area contributed by atoms with Crippen LogP contribution >= 0.6 is 0 Å². The van der Waals surface area contributed by atoms with Gasteiger partial charge in [0.25, 0.3) is 10.5 Å². The molecule has 4 rings (SSSR count). The molecule has 9 heteroatoms. The average molecular weight is 408 g/mol. The number of ether oxygens (including phenoxy) is 1. The smallest absolute Gasteiger partial charge is 0.322 e. The van der Waals surface area contributed by atoms with E-state index in [0.717, 1.165) is 5.56 Å². The number of rotatable bonds is 5. The fourth-order valence-corrected chi connectivity index (χ4v) is 3.52. The van der Waals surface area contributed by atoms with E-state index in [1.54, 1.807) is 31.6 Å². The minimum absolute atomic E-state index is 0.152. The summed E-state index contributed by atoms with van der Waals surface area (Å²) >= 11 is 0. The van der Waals surface area contributed by atoms with Crippen molar-refractivity contribution in [3.63, 3.8) is 0 Å². The summed E-state index contributed by atoms with van der Waals surface area (Å²) in [5.41, 5.74) is 2.36. The molecule has 30 heavy (non-hydrogen) atoms. The first kappa shape index (κ1) is 19.7. The molecule has 0 amide bonds. The van der Waals surface area contributed by atoms with Crippen molar-refractivity contribution in [3.8, 4) is 11.3 Å². The molecular formula is C21H22N5O4+. The third kappa shape index (κ3) is 3.79. The Labute approximate surface area is 173 Å². The maximum absolute atomic E-state index is 12.6. The zero-order chi connectivity index (χ0) is 21.1. The summed E-state index contributed by atoms with van der Waals surface area (Å²) in [5, 5.41) is 0. The lowest BCUT2D eigenvalue weighted by atomic mass is 10.1. The fraction of sp³-hybridized carbons (Fsp3) is 0.286. The molecule has 0 saturated carbocycles. The molecule has 9 nitrogen and oxygen atoms in total. The molecule has 1 saturated heterocycles. The lowest BCUT2D eigenvalue weighted by molar-refractivity contribution is -0.737. The number of anilines is 1. The van der Waals surface area contributed by atoms with E-state index in [4.69, 9.17) is 14.6 Å². The topological polar surface area (TPSA) is 89.6 Å². The summed E-state index contributed by atoms with van der Waals surface area (Å²) in [4.78, 5) is 40.7. The van der Waals surface area contributed by atoms with Crippen molar-refractivity contribution in [2.45, 2.75) is 6.10 Å². The number of hydrogen-bond donors (Lipinski definition) is 0. The van der Waals surface area contributed by atoms with Crippen molar-refractivity contribution in [2.75, 3.05) is 31.7 Å². The van der Waals surface area contributed by atoms with Crippen LogP contribution in [0.15, 0.2) is 59.7 Å². The summed E-state index contributed by atoms with van der Waals surface area (Å²) in [6, 6.07) is 12.3. The first-order chi connectivity index (χ1) is 14.6. The molecule has 0 N–H and O–H groups in total. The Morgan fingerprint density at radius 2 is 1.97 bits per heavy atom. The molecule has 1 aliphatic rings. The van der Waals surface area contributed by atoms with E-state index < -0.39 is 0 Å². The highest BCUT2D eigenvalue weighted by molar-refractivity contribution is 5.59. The van der Waals surface area contributed by atoms with E-state index in [-0.39, 0.29) is 11.7 Å². The highest BCUT2D eigenvalue weighted by atomic mass is 16.8. The van der Waals surface area contributed by atoms with Crippen LogP contribution in [0.4, 0.5) is 11.6 Å². The van der Waals surface area contributed by atoms with Gasteiger partial charge in [0.15, 0.2) is 7.11 Å². The minimum Gasteiger partial charge on any atom is -0.370 e. The molecule has 1 fully saturated rings. The van der Waals surface area contributed by atoms with Crippen LogP contribution in [-0.2, 0) is 16.6 Å². The molecule has 1 unspecified atom stereocenters. The van der Waals surface area contributed by atoms with Gasteiger partial charge in [0.05, 0.1) is 29.3 Å². The average Bonchev–Trinajstić information content (AvgIpc) is 2.81. The van der Waals surface area contributed by atoms with Gasteiger partial charge >= 0.3 is 5.69 Å². The van der Waals surface area contributed by atoms with Gasteiger partial charge in [-0.15, -0.1) is 0 Å². The number of para-hydroxylation sites is 1. The molecular weight excluding hydrogens is 386 g/mol. The molecule has 3 aromatic rings. The van der Waals surface area contributed by atoms with Gasteiger partial charge in [0.2, 0.25) is 5.95 Å². The highest BCUT2D eigenvalue weighted by Gasteiger charge is 2.31. The van der Waals surface area contributed by atoms with Gasteiger partial charge in [0, 0.05) is 43.7 Å². The van der Waals surface area contributed by atoms with E-state index in [2.05, 4.69) is 4.98 Å². The van der Waals surface area contributed by atoms with Crippen LogP contribution in [0.1, 0.15) is 11.7 Å². The molecule has 1 atom stereocenters. The van der Waals surface area contributed by atoms with E-state index in [0.29, 0.717) is 47.5 Å². The van der Waals surface area contributed by atoms with Gasteiger partial charge in [-0.1, -0.05) is 12.1 Å². The second kappa shape index (κ2) is 8.42. The monoisotopic (exact) mass is 408 g/mol. The lowest BCUT2D eigenvalue weighted by Gasteiger charge is -2.34. The van der Waals surface area contributed by atoms with Crippen molar-refractivity contribution in [3.05, 3.63) is 75.7 Å². The molecule has 0 radical (unpaired) electrons. The van der Waals surface area contributed by atoms with Crippen LogP contribution < -0.4 is 10.5 Å². The summed E-state index contributed by atoms with van der Waals surface area (Å²) in [5.74, 6) is 0.547. The second-order valence-electron chi connectivity index (χ2n) is 6.88. The lowest BCUT2D eigenvalue weighted by Crippen LogP contribution is -2.41. The quantitative estimate of drug-likeness (QED) is 0.599. The Morgan fingerprint density at radius 3 is 2.73 bits per heavy atom. The zero-order valence-electron chi connectivity index (χ0n) is 16.8. The maximum atomic E-state index is 12.6. The largest absolute Gasteiger partial charge is 0.370 e. The summed E-state index contributed by atoms with van der Waals surface area (Å²) in [6.07, 6.45) is 2.96. The number of morpholine rings is 1. The third-order valence-corrected chi connectivity index (χ3v) is 5.08. The molecule has 1 aliphatic heterocycles. The van der Waals surface area contributed by atoms with Crippen LogP contribution in [0, 0.1) is 4.91 Å². The Hall–Kier alpha value is -3.59. The van der Waals surface area contributed by atoms with Gasteiger partial charge in [-0.25, -0.2) is 9.82 Å². The van der Waals surface area contributed by atoms with Crippen LogP contribution in [0.2, 0.25) is 0 Å².